The van der Waals surface area contributed by atoms with E-state index in [2.05, 4.69) is 9.97 Å². The molecule has 140 valence electrons. The molecule has 0 unspecified atom stereocenters. The number of anilines is 1. The van der Waals surface area contributed by atoms with E-state index in [0.29, 0.717) is 19.6 Å². The number of amides is 1. The Balaban J connectivity index is 2.10. The Morgan fingerprint density at radius 1 is 1.16 bits per heavy atom. The van der Waals surface area contributed by atoms with Crippen LogP contribution in [-0.2, 0) is 10.9 Å². The number of rotatable bonds is 1. The summed E-state index contributed by atoms with van der Waals surface area (Å²) < 4.78 is 43.2. The van der Waals surface area contributed by atoms with Crippen molar-refractivity contribution in [2.45, 2.75) is 51.9 Å². The van der Waals surface area contributed by atoms with Crippen LogP contribution in [0.5, 0.6) is 0 Å². The largest absolute Gasteiger partial charge is 0.444 e. The van der Waals surface area contributed by atoms with Gasteiger partial charge in [-0.25, -0.2) is 14.8 Å². The van der Waals surface area contributed by atoms with Crippen LogP contribution in [0.2, 0.25) is 0 Å². The molecule has 0 radical (unpaired) electrons. The zero-order valence-corrected chi connectivity index (χ0v) is 15.0. The molecule has 25 heavy (non-hydrogen) atoms. The SMILES string of the molecule is CC(C)(C)OC(=O)N1CCN(c2ncc(C(F)(F)F)cn2)CC1(C)C. The highest BCUT2D eigenvalue weighted by molar-refractivity contribution is 5.69. The molecule has 2 heterocycles. The van der Waals surface area contributed by atoms with Crippen LogP contribution in [0.15, 0.2) is 12.4 Å². The second-order valence-corrected chi connectivity index (χ2v) is 7.64. The van der Waals surface area contributed by atoms with Crippen molar-refractivity contribution >= 4 is 12.0 Å². The van der Waals surface area contributed by atoms with E-state index in [0.717, 1.165) is 12.4 Å². The minimum absolute atomic E-state index is 0.213. The second-order valence-electron chi connectivity index (χ2n) is 7.64. The van der Waals surface area contributed by atoms with Crippen LogP contribution in [0.3, 0.4) is 0 Å². The third-order valence-corrected chi connectivity index (χ3v) is 3.76. The van der Waals surface area contributed by atoms with Gasteiger partial charge in [-0.2, -0.15) is 13.2 Å². The van der Waals surface area contributed by atoms with Gasteiger partial charge in [0.05, 0.1) is 11.1 Å². The Bertz CT molecular complexity index is 624. The highest BCUT2D eigenvalue weighted by atomic mass is 19.4. The van der Waals surface area contributed by atoms with E-state index in [1.54, 1.807) is 30.6 Å². The quantitative estimate of drug-likeness (QED) is 0.769. The summed E-state index contributed by atoms with van der Waals surface area (Å²) >= 11 is 0. The van der Waals surface area contributed by atoms with Gasteiger partial charge >= 0.3 is 12.3 Å². The number of piperazine rings is 1. The van der Waals surface area contributed by atoms with Gasteiger partial charge < -0.3 is 9.64 Å². The van der Waals surface area contributed by atoms with Crippen molar-refractivity contribution in [3.8, 4) is 0 Å². The fourth-order valence-corrected chi connectivity index (χ4v) is 2.61. The lowest BCUT2D eigenvalue weighted by Crippen LogP contribution is -2.62. The van der Waals surface area contributed by atoms with E-state index in [4.69, 9.17) is 4.74 Å². The molecule has 2 rings (SSSR count). The van der Waals surface area contributed by atoms with Crippen LogP contribution in [0.25, 0.3) is 0 Å². The number of carbonyl (C=O) groups is 1. The summed E-state index contributed by atoms with van der Waals surface area (Å²) in [5.41, 5.74) is -2.06. The summed E-state index contributed by atoms with van der Waals surface area (Å²) in [5, 5.41) is 0. The van der Waals surface area contributed by atoms with Crippen molar-refractivity contribution in [1.29, 1.82) is 0 Å². The molecule has 0 atom stereocenters. The first-order chi connectivity index (χ1) is 11.3. The van der Waals surface area contributed by atoms with Crippen LogP contribution < -0.4 is 4.90 Å². The van der Waals surface area contributed by atoms with Crippen molar-refractivity contribution in [2.75, 3.05) is 24.5 Å². The summed E-state index contributed by atoms with van der Waals surface area (Å²) in [5.74, 6) is 0.213. The Morgan fingerprint density at radius 2 is 1.72 bits per heavy atom. The Morgan fingerprint density at radius 3 is 2.16 bits per heavy atom. The van der Waals surface area contributed by atoms with Crippen LogP contribution >= 0.6 is 0 Å². The van der Waals surface area contributed by atoms with Crippen LogP contribution in [0.1, 0.15) is 40.2 Å². The number of alkyl halides is 3. The standard InChI is InChI=1S/C16H23F3N4O2/c1-14(2,3)25-13(24)23-7-6-22(10-15(23,4)5)12-20-8-11(9-21-12)16(17,18)19/h8-9H,6-7,10H2,1-5H3. The fourth-order valence-electron chi connectivity index (χ4n) is 2.61. The van der Waals surface area contributed by atoms with Gasteiger partial charge in [-0.05, 0) is 34.6 Å². The Labute approximate surface area is 145 Å². The van der Waals surface area contributed by atoms with Crippen LogP contribution in [0, 0.1) is 0 Å². The van der Waals surface area contributed by atoms with Gasteiger partial charge in [0.1, 0.15) is 5.60 Å². The summed E-state index contributed by atoms with van der Waals surface area (Å²) in [6.45, 7) is 10.3. The zero-order chi connectivity index (χ0) is 19.0. The molecule has 1 amide bonds. The maximum atomic E-state index is 12.6. The van der Waals surface area contributed by atoms with Crippen molar-refractivity contribution in [3.63, 3.8) is 0 Å². The van der Waals surface area contributed by atoms with Crippen molar-refractivity contribution in [3.05, 3.63) is 18.0 Å². The van der Waals surface area contributed by atoms with E-state index in [1.165, 1.54) is 0 Å². The van der Waals surface area contributed by atoms with Gasteiger partial charge in [0.2, 0.25) is 5.95 Å². The predicted molar refractivity (Wildman–Crippen MR) is 86.3 cm³/mol. The number of nitrogens with zero attached hydrogens (tertiary/aromatic N) is 4. The highest BCUT2D eigenvalue weighted by Gasteiger charge is 2.40. The number of hydrogen-bond donors (Lipinski definition) is 0. The lowest BCUT2D eigenvalue weighted by Gasteiger charge is -2.46. The molecule has 6 nitrogen and oxygen atoms in total. The Hall–Kier alpha value is -2.06. The van der Waals surface area contributed by atoms with Gasteiger partial charge in [-0.1, -0.05) is 0 Å². The smallest absolute Gasteiger partial charge is 0.419 e. The van der Waals surface area contributed by atoms with Gasteiger partial charge in [0.15, 0.2) is 0 Å². The van der Waals surface area contributed by atoms with E-state index in [1.807, 2.05) is 13.8 Å². The first kappa shape index (κ1) is 19.3. The molecule has 0 N–H and O–H groups in total. The van der Waals surface area contributed by atoms with Gasteiger partial charge in [-0.3, -0.25) is 4.90 Å². The molecule has 0 bridgehead atoms. The third kappa shape index (κ3) is 4.73. The molecular weight excluding hydrogens is 337 g/mol. The lowest BCUT2D eigenvalue weighted by atomic mass is 9.99. The highest BCUT2D eigenvalue weighted by Crippen LogP contribution is 2.29. The van der Waals surface area contributed by atoms with E-state index >= 15 is 0 Å². The molecular formula is C16H23F3N4O2. The minimum atomic E-state index is -4.47. The summed E-state index contributed by atoms with van der Waals surface area (Å²) in [6.07, 6.45) is -3.33. The number of halogens is 3. The molecule has 1 aliphatic rings. The number of aromatic nitrogens is 2. The molecule has 0 saturated carbocycles. The second kappa shape index (κ2) is 6.34. The third-order valence-electron chi connectivity index (χ3n) is 3.76. The molecule has 0 aromatic carbocycles. The lowest BCUT2D eigenvalue weighted by molar-refractivity contribution is -0.138. The molecule has 1 aromatic heterocycles. The molecule has 1 fully saturated rings. The van der Waals surface area contributed by atoms with E-state index < -0.39 is 29.0 Å². The minimum Gasteiger partial charge on any atom is -0.444 e. The number of hydrogen-bond acceptors (Lipinski definition) is 5. The molecule has 0 spiro atoms. The van der Waals surface area contributed by atoms with Crippen molar-refractivity contribution in [2.24, 2.45) is 0 Å². The summed E-state index contributed by atoms with van der Waals surface area (Å²) in [7, 11) is 0. The van der Waals surface area contributed by atoms with Gasteiger partial charge in [-0.15, -0.1) is 0 Å². The van der Waals surface area contributed by atoms with Crippen LogP contribution in [-0.4, -0.2) is 51.7 Å². The monoisotopic (exact) mass is 360 g/mol. The summed E-state index contributed by atoms with van der Waals surface area (Å²) in [6, 6.07) is 0. The summed E-state index contributed by atoms with van der Waals surface area (Å²) in [4.78, 5) is 23.4. The van der Waals surface area contributed by atoms with Gasteiger partial charge in [0, 0.05) is 32.0 Å². The molecule has 1 aromatic rings. The Kier molecular flexibility index (Phi) is 4.89. The first-order valence-electron chi connectivity index (χ1n) is 7.94. The molecule has 0 aliphatic carbocycles. The average molecular weight is 360 g/mol. The van der Waals surface area contributed by atoms with Crippen molar-refractivity contribution < 1.29 is 22.7 Å². The van der Waals surface area contributed by atoms with Gasteiger partial charge in [0.25, 0.3) is 0 Å². The predicted octanol–water partition coefficient (Wildman–Crippen LogP) is 3.33. The maximum Gasteiger partial charge on any atom is 0.419 e. The molecule has 9 heteroatoms. The normalized spacial score (nSPS) is 18.2. The molecule has 1 aliphatic heterocycles. The van der Waals surface area contributed by atoms with Crippen LogP contribution in [0.4, 0.5) is 23.9 Å². The van der Waals surface area contributed by atoms with E-state index in [9.17, 15) is 18.0 Å². The number of carbonyl (C=O) groups excluding carboxylic acids is 1. The maximum absolute atomic E-state index is 12.6. The molecule has 1 saturated heterocycles. The zero-order valence-electron chi connectivity index (χ0n) is 15.0. The first-order valence-corrected chi connectivity index (χ1v) is 7.94. The van der Waals surface area contributed by atoms with Crippen molar-refractivity contribution in [1.82, 2.24) is 14.9 Å². The van der Waals surface area contributed by atoms with E-state index in [-0.39, 0.29) is 5.95 Å². The fraction of sp³-hybridized carbons (Fsp3) is 0.688. The number of ether oxygens (including phenoxy) is 1. The topological polar surface area (TPSA) is 58.6 Å². The average Bonchev–Trinajstić information content (AvgIpc) is 2.43.